The van der Waals surface area contributed by atoms with Gasteiger partial charge in [0.25, 0.3) is 0 Å². The van der Waals surface area contributed by atoms with Gasteiger partial charge in [-0.3, -0.25) is 9.59 Å². The number of amides is 2. The summed E-state index contributed by atoms with van der Waals surface area (Å²) < 4.78 is 0. The lowest BCUT2D eigenvalue weighted by molar-refractivity contribution is -0.136. The zero-order valence-electron chi connectivity index (χ0n) is 18.2. The van der Waals surface area contributed by atoms with E-state index in [2.05, 4.69) is 27.5 Å². The van der Waals surface area contributed by atoms with E-state index in [0.717, 1.165) is 43.0 Å². The molecule has 0 aliphatic carbocycles. The molecular weight excluding hydrogens is 400 g/mol. The lowest BCUT2D eigenvalue weighted by atomic mass is 9.99. The molecule has 4 rings (SSSR count). The standard InChI is InChI=1S/C26H28N4O2/c1-29-16-18-30(19-17-29)23-14-12-22(13-15-23)27-25(31)26(32)28-24(20-8-4-2-5-9-20)21-10-6-3-7-11-21/h2-15,24H,16-19H2,1H3,(H,27,31)(H,28,32). The van der Waals surface area contributed by atoms with E-state index in [9.17, 15) is 9.59 Å². The van der Waals surface area contributed by atoms with Crippen molar-refractivity contribution < 1.29 is 9.59 Å². The van der Waals surface area contributed by atoms with Gasteiger partial charge in [0.15, 0.2) is 0 Å². The molecule has 0 spiro atoms. The zero-order valence-corrected chi connectivity index (χ0v) is 18.2. The van der Waals surface area contributed by atoms with Crippen molar-refractivity contribution in [3.8, 4) is 0 Å². The molecule has 6 nitrogen and oxygen atoms in total. The van der Waals surface area contributed by atoms with Crippen LogP contribution in [-0.4, -0.2) is 49.9 Å². The Hall–Kier alpha value is -3.64. The molecule has 0 bridgehead atoms. The highest BCUT2D eigenvalue weighted by molar-refractivity contribution is 6.39. The van der Waals surface area contributed by atoms with Crippen LogP contribution in [0.5, 0.6) is 0 Å². The van der Waals surface area contributed by atoms with Crippen LogP contribution in [0.15, 0.2) is 84.9 Å². The van der Waals surface area contributed by atoms with E-state index in [4.69, 9.17) is 0 Å². The predicted octanol–water partition coefficient (Wildman–Crippen LogP) is 3.28. The smallest absolute Gasteiger partial charge is 0.313 e. The number of piperazine rings is 1. The fourth-order valence-electron chi connectivity index (χ4n) is 3.85. The Morgan fingerprint density at radius 1 is 0.719 bits per heavy atom. The van der Waals surface area contributed by atoms with Crippen LogP contribution in [0.2, 0.25) is 0 Å². The van der Waals surface area contributed by atoms with Gasteiger partial charge in [-0.2, -0.15) is 0 Å². The Morgan fingerprint density at radius 2 is 1.25 bits per heavy atom. The van der Waals surface area contributed by atoms with Crippen LogP contribution in [0.4, 0.5) is 11.4 Å². The highest BCUT2D eigenvalue weighted by atomic mass is 16.2. The molecule has 3 aromatic carbocycles. The summed E-state index contributed by atoms with van der Waals surface area (Å²) in [5.74, 6) is -1.36. The van der Waals surface area contributed by atoms with Crippen LogP contribution < -0.4 is 15.5 Å². The summed E-state index contributed by atoms with van der Waals surface area (Å²) in [6.07, 6.45) is 0. The minimum atomic E-state index is -0.686. The Labute approximate surface area is 188 Å². The molecule has 1 heterocycles. The number of hydrogen-bond acceptors (Lipinski definition) is 4. The van der Waals surface area contributed by atoms with Gasteiger partial charge < -0.3 is 20.4 Å². The van der Waals surface area contributed by atoms with Gasteiger partial charge in [-0.05, 0) is 42.4 Å². The monoisotopic (exact) mass is 428 g/mol. The third kappa shape index (κ3) is 5.34. The maximum Gasteiger partial charge on any atom is 0.313 e. The number of carbonyl (C=O) groups excluding carboxylic acids is 2. The van der Waals surface area contributed by atoms with Crippen LogP contribution in [0.3, 0.4) is 0 Å². The number of anilines is 2. The second-order valence-electron chi connectivity index (χ2n) is 8.02. The van der Waals surface area contributed by atoms with Crippen LogP contribution >= 0.6 is 0 Å². The largest absolute Gasteiger partial charge is 0.369 e. The van der Waals surface area contributed by atoms with Crippen molar-refractivity contribution in [1.82, 2.24) is 10.2 Å². The lowest BCUT2D eigenvalue weighted by Crippen LogP contribution is -2.44. The molecule has 2 N–H and O–H groups in total. The van der Waals surface area contributed by atoms with Gasteiger partial charge in [0.1, 0.15) is 0 Å². The zero-order chi connectivity index (χ0) is 22.3. The van der Waals surface area contributed by atoms with Crippen molar-refractivity contribution in [2.75, 3.05) is 43.4 Å². The summed E-state index contributed by atoms with van der Waals surface area (Å²) >= 11 is 0. The minimum absolute atomic E-state index is 0.407. The molecule has 1 saturated heterocycles. The van der Waals surface area contributed by atoms with E-state index in [1.807, 2.05) is 84.9 Å². The van der Waals surface area contributed by atoms with Crippen molar-refractivity contribution in [3.63, 3.8) is 0 Å². The van der Waals surface area contributed by atoms with Crippen LogP contribution in [0.25, 0.3) is 0 Å². The summed E-state index contributed by atoms with van der Waals surface area (Å²) in [5, 5.41) is 5.58. The molecule has 32 heavy (non-hydrogen) atoms. The second kappa shape index (κ2) is 10.1. The first-order chi connectivity index (χ1) is 15.6. The predicted molar refractivity (Wildman–Crippen MR) is 128 cm³/mol. The lowest BCUT2D eigenvalue weighted by Gasteiger charge is -2.34. The van der Waals surface area contributed by atoms with Crippen molar-refractivity contribution in [3.05, 3.63) is 96.1 Å². The molecule has 164 valence electrons. The molecular formula is C26H28N4O2. The Balaban J connectivity index is 1.41. The SMILES string of the molecule is CN1CCN(c2ccc(NC(=O)C(=O)NC(c3ccccc3)c3ccccc3)cc2)CC1. The number of rotatable bonds is 5. The van der Waals surface area contributed by atoms with Gasteiger partial charge >= 0.3 is 11.8 Å². The summed E-state index contributed by atoms with van der Waals surface area (Å²) in [6, 6.07) is 26.5. The van der Waals surface area contributed by atoms with E-state index in [1.54, 1.807) is 0 Å². The minimum Gasteiger partial charge on any atom is -0.369 e. The molecule has 6 heteroatoms. The van der Waals surface area contributed by atoms with E-state index >= 15 is 0 Å². The summed E-state index contributed by atoms with van der Waals surface area (Å²) in [6.45, 7) is 4.02. The van der Waals surface area contributed by atoms with Gasteiger partial charge in [-0.1, -0.05) is 60.7 Å². The summed E-state index contributed by atoms with van der Waals surface area (Å²) in [5.41, 5.74) is 3.54. The van der Waals surface area contributed by atoms with Gasteiger partial charge in [0.2, 0.25) is 0 Å². The quantitative estimate of drug-likeness (QED) is 0.612. The average molecular weight is 429 g/mol. The van der Waals surface area contributed by atoms with Crippen LogP contribution in [-0.2, 0) is 9.59 Å². The van der Waals surface area contributed by atoms with Crippen molar-refractivity contribution in [2.45, 2.75) is 6.04 Å². The van der Waals surface area contributed by atoms with Crippen LogP contribution in [0, 0.1) is 0 Å². The maximum absolute atomic E-state index is 12.7. The fourth-order valence-corrected chi connectivity index (χ4v) is 3.85. The molecule has 1 aliphatic heterocycles. The Bertz CT molecular complexity index is 991. The molecule has 2 amide bonds. The number of nitrogens with zero attached hydrogens (tertiary/aromatic N) is 2. The van der Waals surface area contributed by atoms with Gasteiger partial charge in [0.05, 0.1) is 6.04 Å². The topological polar surface area (TPSA) is 64.7 Å². The van der Waals surface area contributed by atoms with Crippen molar-refractivity contribution >= 4 is 23.2 Å². The average Bonchev–Trinajstić information content (AvgIpc) is 2.84. The molecule has 0 unspecified atom stereocenters. The van der Waals surface area contributed by atoms with E-state index in [0.29, 0.717) is 5.69 Å². The first-order valence-electron chi connectivity index (χ1n) is 10.9. The molecule has 0 aromatic heterocycles. The highest BCUT2D eigenvalue weighted by Crippen LogP contribution is 2.22. The number of benzene rings is 3. The first-order valence-corrected chi connectivity index (χ1v) is 10.9. The van der Waals surface area contributed by atoms with Gasteiger partial charge in [0, 0.05) is 37.6 Å². The number of likely N-dealkylation sites (N-methyl/N-ethyl adjacent to an activating group) is 1. The molecule has 0 radical (unpaired) electrons. The van der Waals surface area contributed by atoms with Gasteiger partial charge in [-0.15, -0.1) is 0 Å². The molecule has 1 fully saturated rings. The second-order valence-corrected chi connectivity index (χ2v) is 8.02. The Kier molecular flexibility index (Phi) is 6.82. The third-order valence-corrected chi connectivity index (χ3v) is 5.74. The van der Waals surface area contributed by atoms with Crippen LogP contribution in [0.1, 0.15) is 17.2 Å². The third-order valence-electron chi connectivity index (χ3n) is 5.74. The summed E-state index contributed by atoms with van der Waals surface area (Å²) in [7, 11) is 2.13. The first kappa shape index (κ1) is 21.6. The van der Waals surface area contributed by atoms with Crippen molar-refractivity contribution in [1.29, 1.82) is 0 Å². The number of carbonyl (C=O) groups is 2. The summed E-state index contributed by atoms with van der Waals surface area (Å²) in [4.78, 5) is 29.9. The molecule has 1 aliphatic rings. The van der Waals surface area contributed by atoms with Crippen molar-refractivity contribution in [2.24, 2.45) is 0 Å². The van der Waals surface area contributed by atoms with E-state index in [1.165, 1.54) is 0 Å². The fraction of sp³-hybridized carbons (Fsp3) is 0.231. The molecule has 0 atom stereocenters. The highest BCUT2D eigenvalue weighted by Gasteiger charge is 2.21. The molecule has 3 aromatic rings. The van der Waals surface area contributed by atoms with Gasteiger partial charge in [-0.25, -0.2) is 0 Å². The van der Waals surface area contributed by atoms with E-state index in [-0.39, 0.29) is 0 Å². The van der Waals surface area contributed by atoms with E-state index < -0.39 is 17.9 Å². The number of nitrogens with one attached hydrogen (secondary N) is 2. The molecule has 0 saturated carbocycles. The maximum atomic E-state index is 12.7. The Morgan fingerprint density at radius 3 is 1.78 bits per heavy atom. The normalized spacial score (nSPS) is 14.2. The number of hydrogen-bond donors (Lipinski definition) is 2.